The molecular formula is C11H10F4O2. The molecule has 0 amide bonds. The number of carbonyl (C=O) groups excluding carboxylic acids is 1. The van der Waals surface area contributed by atoms with Gasteiger partial charge in [0.15, 0.2) is 17.3 Å². The van der Waals surface area contributed by atoms with E-state index in [-0.39, 0.29) is 11.3 Å². The van der Waals surface area contributed by atoms with Crippen molar-refractivity contribution in [3.63, 3.8) is 0 Å². The smallest absolute Gasteiger partial charge is 0.389 e. The highest BCUT2D eigenvalue weighted by Gasteiger charge is 2.28. The summed E-state index contributed by atoms with van der Waals surface area (Å²) < 4.78 is 53.5. The number of Topliss-reactive ketones (excluding diaryl/α,β-unsaturated/α-hetero) is 1. The number of ketones is 1. The van der Waals surface area contributed by atoms with Crippen LogP contribution in [0.2, 0.25) is 0 Å². The first-order valence-electron chi connectivity index (χ1n) is 4.77. The number of hydrogen-bond donors (Lipinski definition) is 0. The topological polar surface area (TPSA) is 26.3 Å². The summed E-state index contributed by atoms with van der Waals surface area (Å²) in [7, 11) is 1.25. The average molecular weight is 250 g/mol. The van der Waals surface area contributed by atoms with Gasteiger partial charge in [-0.2, -0.15) is 13.2 Å². The molecule has 6 heteroatoms. The van der Waals surface area contributed by atoms with Crippen LogP contribution in [0.5, 0.6) is 5.75 Å². The van der Waals surface area contributed by atoms with Gasteiger partial charge in [-0.3, -0.25) is 4.79 Å². The van der Waals surface area contributed by atoms with Gasteiger partial charge in [-0.1, -0.05) is 0 Å². The van der Waals surface area contributed by atoms with E-state index in [1.165, 1.54) is 19.2 Å². The molecule has 0 atom stereocenters. The van der Waals surface area contributed by atoms with Crippen LogP contribution in [-0.4, -0.2) is 19.1 Å². The first-order valence-corrected chi connectivity index (χ1v) is 4.77. The molecule has 0 radical (unpaired) electrons. The summed E-state index contributed by atoms with van der Waals surface area (Å²) in [6, 6.07) is 3.31. The molecule has 0 spiro atoms. The number of rotatable bonds is 4. The van der Waals surface area contributed by atoms with Crippen LogP contribution in [0, 0.1) is 5.82 Å². The van der Waals surface area contributed by atoms with Crippen LogP contribution >= 0.6 is 0 Å². The van der Waals surface area contributed by atoms with Crippen LogP contribution in [0.1, 0.15) is 23.2 Å². The summed E-state index contributed by atoms with van der Waals surface area (Å²) in [6.45, 7) is 0. The zero-order valence-electron chi connectivity index (χ0n) is 8.97. The Morgan fingerprint density at radius 1 is 1.35 bits per heavy atom. The summed E-state index contributed by atoms with van der Waals surface area (Å²) in [6.07, 6.45) is -6.28. The van der Waals surface area contributed by atoms with E-state index < -0.39 is 30.6 Å². The Balaban J connectivity index is 2.73. The molecular weight excluding hydrogens is 240 g/mol. The van der Waals surface area contributed by atoms with E-state index >= 15 is 0 Å². The Morgan fingerprint density at radius 3 is 2.47 bits per heavy atom. The molecule has 0 bridgehead atoms. The van der Waals surface area contributed by atoms with E-state index in [0.29, 0.717) is 0 Å². The van der Waals surface area contributed by atoms with E-state index in [0.717, 1.165) is 6.07 Å². The average Bonchev–Trinajstić information content (AvgIpc) is 2.24. The lowest BCUT2D eigenvalue weighted by atomic mass is 10.1. The number of halogens is 4. The Labute approximate surface area is 95.2 Å². The number of alkyl halides is 3. The van der Waals surface area contributed by atoms with Crippen molar-refractivity contribution >= 4 is 5.78 Å². The van der Waals surface area contributed by atoms with E-state index in [1.807, 2.05) is 0 Å². The molecule has 0 fully saturated rings. The summed E-state index contributed by atoms with van der Waals surface area (Å²) in [5.41, 5.74) is -0.0902. The van der Waals surface area contributed by atoms with Crippen LogP contribution < -0.4 is 4.74 Å². The number of carbonyl (C=O) groups is 1. The molecule has 1 aromatic carbocycles. The second kappa shape index (κ2) is 5.16. The molecule has 0 heterocycles. The van der Waals surface area contributed by atoms with Crippen molar-refractivity contribution < 1.29 is 27.1 Å². The molecule has 0 unspecified atom stereocenters. The van der Waals surface area contributed by atoms with Crippen molar-refractivity contribution in [1.82, 2.24) is 0 Å². The third kappa shape index (κ3) is 4.05. The van der Waals surface area contributed by atoms with Crippen LogP contribution in [0.25, 0.3) is 0 Å². The highest BCUT2D eigenvalue weighted by atomic mass is 19.4. The summed E-state index contributed by atoms with van der Waals surface area (Å²) >= 11 is 0. The van der Waals surface area contributed by atoms with Gasteiger partial charge in [0.2, 0.25) is 0 Å². The minimum absolute atomic E-state index is 0.0580. The van der Waals surface area contributed by atoms with Gasteiger partial charge < -0.3 is 4.74 Å². The van der Waals surface area contributed by atoms with Crippen molar-refractivity contribution in [2.24, 2.45) is 0 Å². The predicted molar refractivity (Wildman–Crippen MR) is 52.6 cm³/mol. The predicted octanol–water partition coefficient (Wildman–Crippen LogP) is 3.36. The lowest BCUT2D eigenvalue weighted by molar-refractivity contribution is -0.133. The molecule has 94 valence electrons. The molecule has 0 aliphatic rings. The first-order chi connectivity index (χ1) is 7.83. The van der Waals surface area contributed by atoms with Crippen LogP contribution in [0.4, 0.5) is 17.6 Å². The second-order valence-corrected chi connectivity index (χ2v) is 3.39. The van der Waals surface area contributed by atoms with Gasteiger partial charge in [-0.05, 0) is 18.2 Å². The molecule has 0 N–H and O–H groups in total. The Hall–Kier alpha value is -1.59. The van der Waals surface area contributed by atoms with Gasteiger partial charge in [-0.15, -0.1) is 0 Å². The van der Waals surface area contributed by atoms with Crippen LogP contribution in [0.3, 0.4) is 0 Å². The fourth-order valence-corrected chi connectivity index (χ4v) is 1.24. The van der Waals surface area contributed by atoms with Crippen molar-refractivity contribution in [2.45, 2.75) is 19.0 Å². The number of hydrogen-bond acceptors (Lipinski definition) is 2. The Bertz CT molecular complexity index is 412. The van der Waals surface area contributed by atoms with Gasteiger partial charge in [-0.25, -0.2) is 4.39 Å². The molecule has 0 saturated carbocycles. The van der Waals surface area contributed by atoms with Gasteiger partial charge in [0, 0.05) is 12.0 Å². The van der Waals surface area contributed by atoms with Crippen molar-refractivity contribution in [1.29, 1.82) is 0 Å². The van der Waals surface area contributed by atoms with Crippen molar-refractivity contribution in [3.05, 3.63) is 29.6 Å². The largest absolute Gasteiger partial charge is 0.494 e. The molecule has 1 aromatic rings. The summed E-state index contributed by atoms with van der Waals surface area (Å²) in [4.78, 5) is 11.3. The maximum Gasteiger partial charge on any atom is 0.389 e. The highest BCUT2D eigenvalue weighted by molar-refractivity contribution is 5.96. The fourth-order valence-electron chi connectivity index (χ4n) is 1.24. The Kier molecular flexibility index (Phi) is 4.09. The van der Waals surface area contributed by atoms with E-state index in [1.54, 1.807) is 0 Å². The van der Waals surface area contributed by atoms with Crippen molar-refractivity contribution in [3.8, 4) is 5.75 Å². The molecule has 0 aliphatic heterocycles. The molecule has 1 rings (SSSR count). The third-order valence-electron chi connectivity index (χ3n) is 2.11. The maximum atomic E-state index is 13.2. The third-order valence-corrected chi connectivity index (χ3v) is 2.11. The lowest BCUT2D eigenvalue weighted by Crippen LogP contribution is -2.11. The van der Waals surface area contributed by atoms with E-state index in [9.17, 15) is 22.4 Å². The zero-order valence-corrected chi connectivity index (χ0v) is 8.97. The minimum atomic E-state index is -4.39. The number of ether oxygens (including phenoxy) is 1. The highest BCUT2D eigenvalue weighted by Crippen LogP contribution is 2.24. The standard InChI is InChI=1S/C11H10F4O2/c1-17-10-3-2-7(6-8(10)12)9(16)4-5-11(13,14)15/h2-3,6H,4-5H2,1H3. The quantitative estimate of drug-likeness (QED) is 0.605. The van der Waals surface area contributed by atoms with Gasteiger partial charge in [0.25, 0.3) is 0 Å². The normalized spacial score (nSPS) is 11.4. The van der Waals surface area contributed by atoms with Gasteiger partial charge >= 0.3 is 6.18 Å². The summed E-state index contributed by atoms with van der Waals surface area (Å²) in [5.74, 6) is -1.58. The number of benzene rings is 1. The maximum absolute atomic E-state index is 13.2. The lowest BCUT2D eigenvalue weighted by Gasteiger charge is -2.06. The number of methoxy groups -OCH3 is 1. The Morgan fingerprint density at radius 2 is 2.00 bits per heavy atom. The zero-order chi connectivity index (χ0) is 13.1. The fraction of sp³-hybridized carbons (Fsp3) is 0.364. The van der Waals surface area contributed by atoms with E-state index in [4.69, 9.17) is 0 Å². The van der Waals surface area contributed by atoms with E-state index in [2.05, 4.69) is 4.74 Å². The molecule has 0 saturated heterocycles. The minimum Gasteiger partial charge on any atom is -0.494 e. The molecule has 0 aromatic heterocycles. The van der Waals surface area contributed by atoms with Crippen LogP contribution in [0.15, 0.2) is 18.2 Å². The van der Waals surface area contributed by atoms with Crippen molar-refractivity contribution in [2.75, 3.05) is 7.11 Å². The second-order valence-electron chi connectivity index (χ2n) is 3.39. The monoisotopic (exact) mass is 250 g/mol. The van der Waals surface area contributed by atoms with Gasteiger partial charge in [0.05, 0.1) is 13.5 Å². The molecule has 2 nitrogen and oxygen atoms in total. The summed E-state index contributed by atoms with van der Waals surface area (Å²) in [5, 5.41) is 0. The first kappa shape index (κ1) is 13.5. The molecule has 17 heavy (non-hydrogen) atoms. The van der Waals surface area contributed by atoms with Gasteiger partial charge in [0.1, 0.15) is 0 Å². The molecule has 0 aliphatic carbocycles. The van der Waals surface area contributed by atoms with Crippen LogP contribution in [-0.2, 0) is 0 Å². The SMILES string of the molecule is COc1ccc(C(=O)CCC(F)(F)F)cc1F.